The number of rotatable bonds is 3. The van der Waals surface area contributed by atoms with Gasteiger partial charge in [0.05, 0.1) is 6.42 Å². The molecule has 0 atom stereocenters. The fourth-order valence-electron chi connectivity index (χ4n) is 1.72. The number of halogens is 4. The van der Waals surface area contributed by atoms with E-state index >= 15 is 0 Å². The first-order valence-corrected chi connectivity index (χ1v) is 6.03. The number of H-pyrrole nitrogens is 1. The Morgan fingerprint density at radius 1 is 1.33 bits per heavy atom. The van der Waals surface area contributed by atoms with E-state index in [0.29, 0.717) is 10.9 Å². The molecule has 0 saturated carbocycles. The van der Waals surface area contributed by atoms with Crippen LogP contribution in [0.15, 0.2) is 28.9 Å². The van der Waals surface area contributed by atoms with Crippen LogP contribution in [-0.2, 0) is 0 Å². The second kappa shape index (κ2) is 4.76. The molecule has 96 valence electrons. The van der Waals surface area contributed by atoms with Crippen molar-refractivity contribution < 1.29 is 18.0 Å². The molecule has 2 aromatic rings. The predicted octanol–water partition coefficient (Wildman–Crippen LogP) is 4.46. The van der Waals surface area contributed by atoms with Crippen LogP contribution < -0.4 is 0 Å². The summed E-state index contributed by atoms with van der Waals surface area (Å²) < 4.78 is 37.0. The van der Waals surface area contributed by atoms with Crippen molar-refractivity contribution in [3.05, 3.63) is 34.4 Å². The SMILES string of the molecule is O=C(CCC(F)(F)F)c1c[nH]c2cc(Br)ccc12. The van der Waals surface area contributed by atoms with Gasteiger partial charge in [0.25, 0.3) is 0 Å². The predicted molar refractivity (Wildman–Crippen MR) is 65.6 cm³/mol. The highest BCUT2D eigenvalue weighted by Gasteiger charge is 2.28. The number of hydrogen-bond acceptors (Lipinski definition) is 1. The van der Waals surface area contributed by atoms with Crippen molar-refractivity contribution in [1.29, 1.82) is 0 Å². The summed E-state index contributed by atoms with van der Waals surface area (Å²) in [6.45, 7) is 0. The number of carbonyl (C=O) groups is 1. The molecular weight excluding hydrogens is 311 g/mol. The number of nitrogens with one attached hydrogen (secondary N) is 1. The summed E-state index contributed by atoms with van der Waals surface area (Å²) in [6, 6.07) is 5.23. The molecule has 0 unspecified atom stereocenters. The lowest BCUT2D eigenvalue weighted by molar-refractivity contribution is -0.133. The Labute approximate surface area is 109 Å². The molecule has 0 aliphatic heterocycles. The monoisotopic (exact) mass is 319 g/mol. The van der Waals surface area contributed by atoms with Crippen LogP contribution in [0.4, 0.5) is 13.2 Å². The van der Waals surface area contributed by atoms with E-state index in [-0.39, 0.29) is 0 Å². The quantitative estimate of drug-likeness (QED) is 0.833. The zero-order chi connectivity index (χ0) is 13.3. The van der Waals surface area contributed by atoms with Gasteiger partial charge in [-0.25, -0.2) is 0 Å². The van der Waals surface area contributed by atoms with Gasteiger partial charge in [-0.2, -0.15) is 13.2 Å². The minimum absolute atomic E-state index is 0.307. The van der Waals surface area contributed by atoms with Gasteiger partial charge in [-0.1, -0.05) is 22.0 Å². The first-order valence-electron chi connectivity index (χ1n) is 5.23. The van der Waals surface area contributed by atoms with Gasteiger partial charge in [-0.3, -0.25) is 4.79 Å². The van der Waals surface area contributed by atoms with E-state index in [0.717, 1.165) is 9.99 Å². The van der Waals surface area contributed by atoms with Crippen LogP contribution in [0.25, 0.3) is 10.9 Å². The van der Waals surface area contributed by atoms with Crippen molar-refractivity contribution in [3.8, 4) is 0 Å². The number of aromatic nitrogens is 1. The topological polar surface area (TPSA) is 32.9 Å². The number of hydrogen-bond donors (Lipinski definition) is 1. The summed E-state index contributed by atoms with van der Waals surface area (Å²) in [5.74, 6) is -0.499. The molecule has 0 spiro atoms. The molecule has 6 heteroatoms. The zero-order valence-electron chi connectivity index (χ0n) is 9.14. The van der Waals surface area contributed by atoms with Crippen molar-refractivity contribution in [2.75, 3.05) is 0 Å². The molecule has 1 aromatic heterocycles. The van der Waals surface area contributed by atoms with Gasteiger partial charge in [0.15, 0.2) is 5.78 Å². The molecule has 18 heavy (non-hydrogen) atoms. The Morgan fingerprint density at radius 3 is 2.72 bits per heavy atom. The smallest absolute Gasteiger partial charge is 0.360 e. The lowest BCUT2D eigenvalue weighted by atomic mass is 10.1. The fourth-order valence-corrected chi connectivity index (χ4v) is 2.08. The minimum atomic E-state index is -4.30. The van der Waals surface area contributed by atoms with Crippen LogP contribution in [0.5, 0.6) is 0 Å². The molecule has 0 fully saturated rings. The average Bonchev–Trinajstić information content (AvgIpc) is 2.67. The summed E-state index contributed by atoms with van der Waals surface area (Å²) in [7, 11) is 0. The molecular formula is C12H9BrF3NO. The molecule has 0 aliphatic rings. The first kappa shape index (κ1) is 13.1. The number of Topliss-reactive ketones (excluding diaryl/α,β-unsaturated/α-hetero) is 1. The number of benzene rings is 1. The van der Waals surface area contributed by atoms with Crippen molar-refractivity contribution in [2.24, 2.45) is 0 Å². The fraction of sp³-hybridized carbons (Fsp3) is 0.250. The van der Waals surface area contributed by atoms with Gasteiger partial charge in [0, 0.05) is 33.6 Å². The van der Waals surface area contributed by atoms with Gasteiger partial charge in [0.1, 0.15) is 0 Å². The average molecular weight is 320 g/mol. The number of aromatic amines is 1. The molecule has 0 aliphatic carbocycles. The lowest BCUT2D eigenvalue weighted by Crippen LogP contribution is -2.10. The van der Waals surface area contributed by atoms with Crippen LogP contribution in [0, 0.1) is 0 Å². The van der Waals surface area contributed by atoms with Crippen LogP contribution in [0.3, 0.4) is 0 Å². The van der Waals surface area contributed by atoms with Crippen LogP contribution >= 0.6 is 15.9 Å². The maximum atomic E-state index is 12.1. The highest BCUT2D eigenvalue weighted by atomic mass is 79.9. The van der Waals surface area contributed by atoms with E-state index in [1.807, 2.05) is 0 Å². The Balaban J connectivity index is 2.23. The summed E-state index contributed by atoms with van der Waals surface area (Å²) in [5.41, 5.74) is 1.03. The third-order valence-corrected chi connectivity index (χ3v) is 3.07. The summed E-state index contributed by atoms with van der Waals surface area (Å²) >= 11 is 3.28. The highest BCUT2D eigenvalue weighted by Crippen LogP contribution is 2.26. The normalized spacial score (nSPS) is 12.0. The van der Waals surface area contributed by atoms with Crippen LogP contribution in [-0.4, -0.2) is 16.9 Å². The van der Waals surface area contributed by atoms with E-state index in [1.165, 1.54) is 6.20 Å². The van der Waals surface area contributed by atoms with E-state index in [4.69, 9.17) is 0 Å². The third kappa shape index (κ3) is 2.93. The third-order valence-electron chi connectivity index (χ3n) is 2.58. The van der Waals surface area contributed by atoms with E-state index in [9.17, 15) is 18.0 Å². The van der Waals surface area contributed by atoms with Gasteiger partial charge < -0.3 is 4.98 Å². The van der Waals surface area contributed by atoms with E-state index < -0.39 is 24.8 Å². The number of carbonyl (C=O) groups excluding carboxylic acids is 1. The molecule has 1 aromatic carbocycles. The number of alkyl halides is 3. The van der Waals surface area contributed by atoms with Gasteiger partial charge >= 0.3 is 6.18 Å². The maximum Gasteiger partial charge on any atom is 0.389 e. The molecule has 0 bridgehead atoms. The molecule has 1 heterocycles. The van der Waals surface area contributed by atoms with Gasteiger partial charge in [-0.05, 0) is 12.1 Å². The summed E-state index contributed by atoms with van der Waals surface area (Å²) in [5, 5.41) is 0.644. The van der Waals surface area contributed by atoms with Crippen molar-refractivity contribution >= 4 is 32.6 Å². The number of fused-ring (bicyclic) bond motifs is 1. The molecule has 0 radical (unpaired) electrons. The molecule has 0 amide bonds. The van der Waals surface area contributed by atoms with E-state index in [1.54, 1.807) is 18.2 Å². The lowest BCUT2D eigenvalue weighted by Gasteiger charge is -2.04. The zero-order valence-corrected chi connectivity index (χ0v) is 10.7. The Hall–Kier alpha value is -1.30. The van der Waals surface area contributed by atoms with Gasteiger partial charge in [0.2, 0.25) is 0 Å². The molecule has 2 rings (SSSR count). The van der Waals surface area contributed by atoms with Crippen molar-refractivity contribution in [2.45, 2.75) is 19.0 Å². The maximum absolute atomic E-state index is 12.1. The molecule has 1 N–H and O–H groups in total. The molecule has 2 nitrogen and oxygen atoms in total. The van der Waals surface area contributed by atoms with E-state index in [2.05, 4.69) is 20.9 Å². The first-order chi connectivity index (χ1) is 8.37. The second-order valence-electron chi connectivity index (χ2n) is 3.93. The standard InChI is InChI=1S/C12H9BrF3NO/c13-7-1-2-8-9(6-17-10(8)5-7)11(18)3-4-12(14,15)16/h1-2,5-6,17H,3-4H2. The Kier molecular flexibility index (Phi) is 3.47. The Bertz CT molecular complexity index is 589. The van der Waals surface area contributed by atoms with Crippen LogP contribution in [0.2, 0.25) is 0 Å². The van der Waals surface area contributed by atoms with Gasteiger partial charge in [-0.15, -0.1) is 0 Å². The second-order valence-corrected chi connectivity index (χ2v) is 4.85. The largest absolute Gasteiger partial charge is 0.389 e. The molecule has 0 saturated heterocycles. The number of ketones is 1. The Morgan fingerprint density at radius 2 is 2.06 bits per heavy atom. The van der Waals surface area contributed by atoms with Crippen LogP contribution in [0.1, 0.15) is 23.2 Å². The van der Waals surface area contributed by atoms with Crippen molar-refractivity contribution in [3.63, 3.8) is 0 Å². The minimum Gasteiger partial charge on any atom is -0.360 e. The summed E-state index contributed by atoms with van der Waals surface area (Å²) in [6.07, 6.45) is -4.46. The summed E-state index contributed by atoms with van der Waals surface area (Å²) in [4.78, 5) is 14.6. The van der Waals surface area contributed by atoms with Crippen molar-refractivity contribution in [1.82, 2.24) is 4.98 Å². The highest BCUT2D eigenvalue weighted by molar-refractivity contribution is 9.10.